The molecule has 2 heterocycles. The number of hydrogen-bond acceptors (Lipinski definition) is 4. The number of nitrogens with zero attached hydrogens (tertiary/aromatic N) is 3. The highest BCUT2D eigenvalue weighted by Gasteiger charge is 2.21. The van der Waals surface area contributed by atoms with E-state index in [1.165, 1.54) is 11.3 Å². The molecular formula is C26H17Cl2N3OS. The van der Waals surface area contributed by atoms with Crippen molar-refractivity contribution in [2.75, 3.05) is 0 Å². The largest absolute Gasteiger partial charge is 0.288 e. The van der Waals surface area contributed by atoms with E-state index in [1.54, 1.807) is 35.0 Å². The summed E-state index contributed by atoms with van der Waals surface area (Å²) in [6.07, 6.45) is 1.79. The Balaban J connectivity index is 1.69. The first-order chi connectivity index (χ1) is 16.0. The molecular weight excluding hydrogens is 473 g/mol. The van der Waals surface area contributed by atoms with Crippen LogP contribution >= 0.6 is 34.5 Å². The van der Waals surface area contributed by atoms with Gasteiger partial charge in [-0.3, -0.25) is 4.79 Å². The predicted molar refractivity (Wildman–Crippen MR) is 137 cm³/mol. The maximum atomic E-state index is 13.6. The van der Waals surface area contributed by atoms with Crippen molar-refractivity contribution in [2.24, 2.45) is 0 Å². The Labute approximate surface area is 204 Å². The van der Waals surface area contributed by atoms with Gasteiger partial charge in [0.15, 0.2) is 5.78 Å². The lowest BCUT2D eigenvalue weighted by Gasteiger charge is -2.05. The maximum Gasteiger partial charge on any atom is 0.196 e. The van der Waals surface area contributed by atoms with Crippen LogP contribution in [0.5, 0.6) is 0 Å². The number of rotatable bonds is 5. The highest BCUT2D eigenvalue weighted by Crippen LogP contribution is 2.33. The molecule has 0 radical (unpaired) electrons. The SMILES string of the molecule is Cc1nn(-c2cccc(Cl)c2)c(Cl)c1C=C(C(=O)c1ccccc1)c1nc2ccccc2s1. The first-order valence-electron chi connectivity index (χ1n) is 10.2. The van der Waals surface area contributed by atoms with Gasteiger partial charge in [0.05, 0.1) is 27.2 Å². The van der Waals surface area contributed by atoms with Crippen LogP contribution in [0.25, 0.3) is 27.6 Å². The first kappa shape index (κ1) is 21.6. The molecule has 0 amide bonds. The molecule has 0 aliphatic heterocycles. The van der Waals surface area contributed by atoms with Gasteiger partial charge in [0.25, 0.3) is 0 Å². The Hall–Kier alpha value is -3.25. The van der Waals surface area contributed by atoms with Crippen LogP contribution in [0.15, 0.2) is 78.9 Å². The van der Waals surface area contributed by atoms with Gasteiger partial charge in [-0.05, 0) is 43.3 Å². The molecule has 7 heteroatoms. The smallest absolute Gasteiger partial charge is 0.196 e. The number of aromatic nitrogens is 3. The van der Waals surface area contributed by atoms with Crippen LogP contribution in [0.3, 0.4) is 0 Å². The third-order valence-corrected chi connectivity index (χ3v) is 6.86. The van der Waals surface area contributed by atoms with Gasteiger partial charge in [0.1, 0.15) is 10.2 Å². The number of ketones is 1. The standard InChI is InChI=1S/C26H17Cl2N3OS/c1-16-20(25(28)31(30-16)19-11-7-10-18(27)14-19)15-21(24(32)17-8-3-2-4-9-17)26-29-22-12-5-6-13-23(22)33-26/h2-15H,1H3. The number of para-hydroxylation sites is 1. The molecule has 33 heavy (non-hydrogen) atoms. The summed E-state index contributed by atoms with van der Waals surface area (Å²) in [7, 11) is 0. The zero-order chi connectivity index (χ0) is 22.9. The number of allylic oxidation sites excluding steroid dienone is 1. The molecule has 0 N–H and O–H groups in total. The summed E-state index contributed by atoms with van der Waals surface area (Å²) in [4.78, 5) is 18.3. The van der Waals surface area contributed by atoms with Gasteiger partial charge in [0.2, 0.25) is 0 Å². The second-order valence-electron chi connectivity index (χ2n) is 7.42. The van der Waals surface area contributed by atoms with E-state index < -0.39 is 0 Å². The number of fused-ring (bicyclic) bond motifs is 1. The summed E-state index contributed by atoms with van der Waals surface area (Å²) in [5.74, 6) is -0.124. The van der Waals surface area contributed by atoms with E-state index in [1.807, 2.05) is 61.5 Å². The fourth-order valence-electron chi connectivity index (χ4n) is 3.56. The number of hydrogen-bond donors (Lipinski definition) is 0. The lowest BCUT2D eigenvalue weighted by Crippen LogP contribution is -2.02. The Kier molecular flexibility index (Phi) is 5.85. The number of carbonyl (C=O) groups excluding carboxylic acids is 1. The number of Topliss-reactive ketones (excluding diaryl/α,β-unsaturated/α-hetero) is 1. The normalized spacial score (nSPS) is 11.8. The summed E-state index contributed by atoms with van der Waals surface area (Å²) in [6, 6.07) is 24.3. The molecule has 162 valence electrons. The summed E-state index contributed by atoms with van der Waals surface area (Å²) >= 11 is 14.4. The van der Waals surface area contributed by atoms with E-state index in [4.69, 9.17) is 28.2 Å². The van der Waals surface area contributed by atoms with Gasteiger partial charge >= 0.3 is 0 Å². The third-order valence-electron chi connectivity index (χ3n) is 5.19. The molecule has 5 rings (SSSR count). The minimum absolute atomic E-state index is 0.124. The highest BCUT2D eigenvalue weighted by atomic mass is 35.5. The Morgan fingerprint density at radius 3 is 2.48 bits per heavy atom. The van der Waals surface area contributed by atoms with Gasteiger partial charge in [-0.25, -0.2) is 9.67 Å². The number of thiazole rings is 1. The Bertz CT molecular complexity index is 1490. The van der Waals surface area contributed by atoms with Crippen molar-refractivity contribution >= 4 is 62.2 Å². The van der Waals surface area contributed by atoms with Crippen molar-refractivity contribution in [3.63, 3.8) is 0 Å². The summed E-state index contributed by atoms with van der Waals surface area (Å²) < 4.78 is 2.63. The molecule has 3 aromatic carbocycles. The lowest BCUT2D eigenvalue weighted by atomic mass is 10.0. The van der Waals surface area contributed by atoms with Crippen LogP contribution in [0, 0.1) is 6.92 Å². The minimum atomic E-state index is -0.124. The van der Waals surface area contributed by atoms with E-state index in [0.29, 0.717) is 37.6 Å². The molecule has 5 aromatic rings. The van der Waals surface area contributed by atoms with Crippen LogP contribution in [0.4, 0.5) is 0 Å². The van der Waals surface area contributed by atoms with E-state index in [2.05, 4.69) is 5.10 Å². The number of benzene rings is 3. The van der Waals surface area contributed by atoms with Gasteiger partial charge in [-0.15, -0.1) is 11.3 Å². The average Bonchev–Trinajstić information content (AvgIpc) is 3.38. The van der Waals surface area contributed by atoms with Crippen LogP contribution in [-0.2, 0) is 0 Å². The van der Waals surface area contributed by atoms with Crippen molar-refractivity contribution in [2.45, 2.75) is 6.92 Å². The van der Waals surface area contributed by atoms with Crippen LogP contribution < -0.4 is 0 Å². The first-order valence-corrected chi connectivity index (χ1v) is 11.8. The molecule has 0 saturated carbocycles. The maximum absolute atomic E-state index is 13.6. The highest BCUT2D eigenvalue weighted by molar-refractivity contribution is 7.20. The molecule has 0 saturated heterocycles. The van der Waals surface area contributed by atoms with Crippen molar-refractivity contribution < 1.29 is 4.79 Å². The van der Waals surface area contributed by atoms with Gasteiger partial charge in [-0.2, -0.15) is 5.10 Å². The van der Waals surface area contributed by atoms with Crippen molar-refractivity contribution in [1.82, 2.24) is 14.8 Å². The molecule has 0 aliphatic carbocycles. The lowest BCUT2D eigenvalue weighted by molar-refractivity contribution is 0.105. The third kappa shape index (κ3) is 4.23. The van der Waals surface area contributed by atoms with Gasteiger partial charge < -0.3 is 0 Å². The predicted octanol–water partition coefficient (Wildman–Crippen LogP) is 7.52. The topological polar surface area (TPSA) is 47.8 Å². The van der Waals surface area contributed by atoms with E-state index in [0.717, 1.165) is 15.9 Å². The molecule has 2 aromatic heterocycles. The van der Waals surface area contributed by atoms with Gasteiger partial charge in [-0.1, -0.05) is 71.7 Å². The van der Waals surface area contributed by atoms with Crippen molar-refractivity contribution in [3.8, 4) is 5.69 Å². The average molecular weight is 490 g/mol. The monoisotopic (exact) mass is 489 g/mol. The number of aryl methyl sites for hydroxylation is 1. The van der Waals surface area contributed by atoms with Gasteiger partial charge in [0, 0.05) is 16.1 Å². The summed E-state index contributed by atoms with van der Waals surface area (Å²) in [5.41, 5.74) is 4.00. The van der Waals surface area contributed by atoms with Crippen molar-refractivity contribution in [1.29, 1.82) is 0 Å². The summed E-state index contributed by atoms with van der Waals surface area (Å²) in [6.45, 7) is 1.86. The fraction of sp³-hybridized carbons (Fsp3) is 0.0385. The molecule has 0 bridgehead atoms. The fourth-order valence-corrected chi connectivity index (χ4v) is 5.05. The van der Waals surface area contributed by atoms with E-state index in [-0.39, 0.29) is 5.78 Å². The molecule has 0 atom stereocenters. The van der Waals surface area contributed by atoms with Crippen LogP contribution in [-0.4, -0.2) is 20.5 Å². The Morgan fingerprint density at radius 1 is 0.970 bits per heavy atom. The van der Waals surface area contributed by atoms with E-state index >= 15 is 0 Å². The number of carbonyl (C=O) groups is 1. The second kappa shape index (κ2) is 8.94. The Morgan fingerprint density at radius 2 is 1.73 bits per heavy atom. The minimum Gasteiger partial charge on any atom is -0.288 e. The van der Waals surface area contributed by atoms with Crippen molar-refractivity contribution in [3.05, 3.63) is 111 Å². The van der Waals surface area contributed by atoms with Crippen LogP contribution in [0.1, 0.15) is 26.6 Å². The molecule has 4 nitrogen and oxygen atoms in total. The summed E-state index contributed by atoms with van der Waals surface area (Å²) in [5, 5.41) is 6.22. The molecule has 0 unspecified atom stereocenters. The zero-order valence-electron chi connectivity index (χ0n) is 17.5. The zero-order valence-corrected chi connectivity index (χ0v) is 19.8. The molecule has 0 spiro atoms. The molecule has 0 fully saturated rings. The quantitative estimate of drug-likeness (QED) is 0.189. The number of halogens is 2. The molecule has 0 aliphatic rings. The van der Waals surface area contributed by atoms with E-state index in [9.17, 15) is 4.79 Å². The second-order valence-corrected chi connectivity index (χ2v) is 9.25. The van der Waals surface area contributed by atoms with Crippen LogP contribution in [0.2, 0.25) is 10.2 Å².